The number of fused-ring (bicyclic) bond motifs is 5. The standard InChI is InChI=1S/C25H31N5O2/c1-2-26-25(28-16-17-6-5-7-20(14-17)29-11-3-4-12-29)27-10-13-30-23(31)21-18-8-9-19(15-18)22(21)24(30)32/h3-9,14,18-19,21-22H,2,10-13,15-16H2,1H3,(H2,26,27,28). The Morgan fingerprint density at radius 3 is 2.47 bits per heavy atom. The van der Waals surface area contributed by atoms with Crippen molar-refractivity contribution in [1.29, 1.82) is 0 Å². The summed E-state index contributed by atoms with van der Waals surface area (Å²) in [4.78, 5) is 34.1. The number of hydrogen-bond donors (Lipinski definition) is 2. The lowest BCUT2D eigenvalue weighted by atomic mass is 9.85. The Morgan fingerprint density at radius 1 is 1.06 bits per heavy atom. The van der Waals surface area contributed by atoms with Gasteiger partial charge < -0.3 is 15.5 Å². The van der Waals surface area contributed by atoms with Crippen LogP contribution in [0.5, 0.6) is 0 Å². The van der Waals surface area contributed by atoms with Gasteiger partial charge in [0.1, 0.15) is 0 Å². The van der Waals surface area contributed by atoms with Gasteiger partial charge in [0.2, 0.25) is 11.8 Å². The molecule has 2 aliphatic heterocycles. The lowest BCUT2D eigenvalue weighted by molar-refractivity contribution is -0.140. The van der Waals surface area contributed by atoms with Crippen molar-refractivity contribution in [1.82, 2.24) is 15.5 Å². The number of likely N-dealkylation sites (tertiary alicyclic amines) is 1. The molecule has 1 saturated carbocycles. The van der Waals surface area contributed by atoms with E-state index in [1.165, 1.54) is 10.6 Å². The van der Waals surface area contributed by atoms with Gasteiger partial charge in [-0.2, -0.15) is 0 Å². The first kappa shape index (κ1) is 20.8. The zero-order chi connectivity index (χ0) is 22.1. The summed E-state index contributed by atoms with van der Waals surface area (Å²) in [5, 5.41) is 6.54. The third-order valence-corrected chi connectivity index (χ3v) is 7.05. The number of anilines is 1. The van der Waals surface area contributed by atoms with Gasteiger partial charge in [-0.15, -0.1) is 0 Å². The second-order valence-electron chi connectivity index (χ2n) is 9.00. The van der Waals surface area contributed by atoms with E-state index in [0.29, 0.717) is 25.6 Å². The predicted molar refractivity (Wildman–Crippen MR) is 125 cm³/mol. The fourth-order valence-corrected chi connectivity index (χ4v) is 5.52. The van der Waals surface area contributed by atoms with Crippen molar-refractivity contribution < 1.29 is 9.59 Å². The van der Waals surface area contributed by atoms with Gasteiger partial charge in [-0.05, 0) is 42.9 Å². The molecule has 2 amide bonds. The Balaban J connectivity index is 1.17. The summed E-state index contributed by atoms with van der Waals surface area (Å²) in [6, 6.07) is 8.47. The van der Waals surface area contributed by atoms with Gasteiger partial charge in [0.05, 0.1) is 18.4 Å². The van der Waals surface area contributed by atoms with Crippen molar-refractivity contribution in [3.63, 3.8) is 0 Å². The number of allylic oxidation sites excluding steroid dienone is 2. The molecular weight excluding hydrogens is 402 g/mol. The molecule has 2 N–H and O–H groups in total. The van der Waals surface area contributed by atoms with E-state index < -0.39 is 0 Å². The van der Waals surface area contributed by atoms with Crippen molar-refractivity contribution in [2.24, 2.45) is 28.7 Å². The smallest absolute Gasteiger partial charge is 0.233 e. The fourth-order valence-electron chi connectivity index (χ4n) is 5.52. The summed E-state index contributed by atoms with van der Waals surface area (Å²) in [6.07, 6.45) is 9.59. The van der Waals surface area contributed by atoms with Gasteiger partial charge in [-0.1, -0.05) is 36.4 Å². The molecule has 2 heterocycles. The number of carbonyl (C=O) groups excluding carboxylic acids is 2. The second kappa shape index (κ2) is 8.81. The summed E-state index contributed by atoms with van der Waals surface area (Å²) in [6.45, 7) is 6.10. The van der Waals surface area contributed by atoms with Crippen molar-refractivity contribution in [3.8, 4) is 0 Å². The Bertz CT molecular complexity index is 946. The van der Waals surface area contributed by atoms with Crippen LogP contribution in [0.25, 0.3) is 0 Å². The highest BCUT2D eigenvalue weighted by atomic mass is 16.2. The molecule has 0 radical (unpaired) electrons. The van der Waals surface area contributed by atoms with Gasteiger partial charge in [0, 0.05) is 38.4 Å². The summed E-state index contributed by atoms with van der Waals surface area (Å²) in [7, 11) is 0. The van der Waals surface area contributed by atoms with E-state index >= 15 is 0 Å². The first-order valence-corrected chi connectivity index (χ1v) is 11.7. The molecule has 0 aromatic heterocycles. The highest BCUT2D eigenvalue weighted by Crippen LogP contribution is 2.52. The largest absolute Gasteiger partial charge is 0.364 e. The number of imide groups is 1. The summed E-state index contributed by atoms with van der Waals surface area (Å²) in [5.74, 6) is 0.968. The minimum atomic E-state index is -0.127. The minimum absolute atomic E-state index is 0.00815. The number of nitrogens with one attached hydrogen (secondary N) is 2. The van der Waals surface area contributed by atoms with Crippen LogP contribution in [0.3, 0.4) is 0 Å². The maximum atomic E-state index is 12.8. The Morgan fingerprint density at radius 2 is 1.78 bits per heavy atom. The molecule has 1 saturated heterocycles. The molecule has 7 heteroatoms. The molecular formula is C25H31N5O2. The van der Waals surface area contributed by atoms with E-state index in [0.717, 1.165) is 31.6 Å². The maximum Gasteiger partial charge on any atom is 0.233 e. The van der Waals surface area contributed by atoms with Crippen LogP contribution in [0.1, 0.15) is 18.9 Å². The normalized spacial score (nSPS) is 28.2. The lowest BCUT2D eigenvalue weighted by Crippen LogP contribution is -2.43. The van der Waals surface area contributed by atoms with E-state index in [2.05, 4.69) is 64.1 Å². The molecule has 2 aliphatic carbocycles. The SMILES string of the molecule is CCNC(=NCc1cccc(N2CC=CC2)c1)NCCN1C(=O)C2C3C=CC(C3)C2C1=O. The molecule has 5 rings (SSSR count). The van der Waals surface area contributed by atoms with E-state index in [-0.39, 0.29) is 35.5 Å². The molecule has 4 aliphatic rings. The van der Waals surface area contributed by atoms with Crippen LogP contribution >= 0.6 is 0 Å². The molecule has 1 aromatic rings. The molecule has 32 heavy (non-hydrogen) atoms. The molecule has 0 spiro atoms. The first-order valence-electron chi connectivity index (χ1n) is 11.7. The third-order valence-electron chi connectivity index (χ3n) is 7.05. The molecule has 7 nitrogen and oxygen atoms in total. The average Bonchev–Trinajstić information content (AvgIpc) is 3.59. The first-order chi connectivity index (χ1) is 15.7. The summed E-state index contributed by atoms with van der Waals surface area (Å²) >= 11 is 0. The molecule has 2 bridgehead atoms. The number of rotatable bonds is 7. The highest BCUT2D eigenvalue weighted by molar-refractivity contribution is 6.06. The average molecular weight is 434 g/mol. The monoisotopic (exact) mass is 433 g/mol. The van der Waals surface area contributed by atoms with Gasteiger partial charge in [0.25, 0.3) is 0 Å². The Hall–Kier alpha value is -3.09. The molecule has 2 fully saturated rings. The maximum absolute atomic E-state index is 12.8. The quantitative estimate of drug-likeness (QED) is 0.297. The summed E-state index contributed by atoms with van der Waals surface area (Å²) < 4.78 is 0. The zero-order valence-electron chi connectivity index (χ0n) is 18.5. The number of hydrogen-bond acceptors (Lipinski definition) is 4. The van der Waals surface area contributed by atoms with Crippen molar-refractivity contribution >= 4 is 23.5 Å². The van der Waals surface area contributed by atoms with Crippen molar-refractivity contribution in [2.75, 3.05) is 37.6 Å². The molecule has 4 unspecified atom stereocenters. The molecule has 168 valence electrons. The zero-order valence-corrected chi connectivity index (χ0v) is 18.5. The van der Waals surface area contributed by atoms with Gasteiger partial charge in [-0.3, -0.25) is 14.5 Å². The van der Waals surface area contributed by atoms with Gasteiger partial charge in [0.15, 0.2) is 5.96 Å². The van der Waals surface area contributed by atoms with E-state index in [1.807, 2.05) is 6.92 Å². The van der Waals surface area contributed by atoms with Crippen LogP contribution in [0, 0.1) is 23.7 Å². The summed E-state index contributed by atoms with van der Waals surface area (Å²) in [5.41, 5.74) is 2.35. The van der Waals surface area contributed by atoms with Crippen LogP contribution in [-0.2, 0) is 16.1 Å². The third kappa shape index (κ3) is 3.80. The van der Waals surface area contributed by atoms with Crippen LogP contribution in [-0.4, -0.2) is 55.4 Å². The minimum Gasteiger partial charge on any atom is -0.364 e. The van der Waals surface area contributed by atoms with Crippen molar-refractivity contribution in [3.05, 3.63) is 54.1 Å². The Kier molecular flexibility index (Phi) is 5.72. The van der Waals surface area contributed by atoms with E-state index in [9.17, 15) is 9.59 Å². The molecule has 1 aromatic carbocycles. The number of benzene rings is 1. The number of guanidine groups is 1. The number of carbonyl (C=O) groups is 2. The fraction of sp³-hybridized carbons (Fsp3) is 0.480. The Labute approximate surface area is 189 Å². The van der Waals surface area contributed by atoms with E-state index in [4.69, 9.17) is 4.99 Å². The van der Waals surface area contributed by atoms with E-state index in [1.54, 1.807) is 0 Å². The van der Waals surface area contributed by atoms with Gasteiger partial charge >= 0.3 is 0 Å². The van der Waals surface area contributed by atoms with Crippen molar-refractivity contribution in [2.45, 2.75) is 19.9 Å². The second-order valence-corrected chi connectivity index (χ2v) is 9.00. The number of nitrogens with zero attached hydrogens (tertiary/aromatic N) is 3. The number of amides is 2. The van der Waals surface area contributed by atoms with Crippen LogP contribution in [0.15, 0.2) is 53.6 Å². The lowest BCUT2D eigenvalue weighted by Gasteiger charge is -2.19. The topological polar surface area (TPSA) is 77.0 Å². The van der Waals surface area contributed by atoms with Gasteiger partial charge in [-0.25, -0.2) is 4.99 Å². The van der Waals surface area contributed by atoms with Crippen LogP contribution in [0.2, 0.25) is 0 Å². The predicted octanol–water partition coefficient (Wildman–Crippen LogP) is 1.93. The molecule has 4 atom stereocenters. The highest BCUT2D eigenvalue weighted by Gasteiger charge is 2.58. The van der Waals surface area contributed by atoms with Crippen LogP contribution in [0.4, 0.5) is 5.69 Å². The van der Waals surface area contributed by atoms with Crippen LogP contribution < -0.4 is 15.5 Å². The number of aliphatic imine (C=N–C) groups is 1.